The highest BCUT2D eigenvalue weighted by atomic mass is 16.5. The molecule has 1 aliphatic heterocycles. The van der Waals surface area contributed by atoms with Gasteiger partial charge in [-0.25, -0.2) is 0 Å². The van der Waals surface area contributed by atoms with Gasteiger partial charge in [0.1, 0.15) is 6.04 Å². The van der Waals surface area contributed by atoms with Gasteiger partial charge in [0.25, 0.3) is 0 Å². The monoisotopic (exact) mass is 196 g/mol. The predicted octanol–water partition coefficient (Wildman–Crippen LogP) is 0.783. The van der Waals surface area contributed by atoms with Gasteiger partial charge in [-0.1, -0.05) is 6.92 Å². The van der Waals surface area contributed by atoms with Crippen LogP contribution >= 0.6 is 0 Å². The van der Waals surface area contributed by atoms with E-state index in [1.165, 1.54) is 0 Å². The number of hydrogen-bond acceptors (Lipinski definition) is 4. The molecule has 1 saturated heterocycles. The fourth-order valence-electron chi connectivity index (χ4n) is 1.69. The van der Waals surface area contributed by atoms with Crippen molar-refractivity contribution in [3.63, 3.8) is 0 Å². The van der Waals surface area contributed by atoms with Crippen LogP contribution in [-0.4, -0.2) is 36.6 Å². The second-order valence-corrected chi connectivity index (χ2v) is 3.59. The number of ether oxygens (including phenoxy) is 1. The molecule has 4 heteroatoms. The normalized spacial score (nSPS) is 23.3. The highest BCUT2D eigenvalue weighted by Crippen LogP contribution is 2.15. The smallest absolute Gasteiger partial charge is 0.323 e. The quantitative estimate of drug-likeness (QED) is 0.624. The van der Waals surface area contributed by atoms with E-state index in [2.05, 4.69) is 6.07 Å². The Kier molecular flexibility index (Phi) is 3.90. The zero-order chi connectivity index (χ0) is 10.6. The van der Waals surface area contributed by atoms with E-state index in [-0.39, 0.29) is 17.9 Å². The highest BCUT2D eigenvalue weighted by Gasteiger charge is 2.31. The van der Waals surface area contributed by atoms with Crippen LogP contribution in [0.15, 0.2) is 0 Å². The van der Waals surface area contributed by atoms with E-state index in [1.54, 1.807) is 0 Å². The first-order chi connectivity index (χ1) is 6.69. The summed E-state index contributed by atoms with van der Waals surface area (Å²) in [5.41, 5.74) is 0. The molecule has 2 unspecified atom stereocenters. The highest BCUT2D eigenvalue weighted by molar-refractivity contribution is 5.77. The Labute approximate surface area is 84.4 Å². The molecule has 2 atom stereocenters. The van der Waals surface area contributed by atoms with Crippen molar-refractivity contribution >= 4 is 5.97 Å². The molecule has 0 aromatic heterocycles. The Balaban J connectivity index is 2.53. The molecule has 14 heavy (non-hydrogen) atoms. The lowest BCUT2D eigenvalue weighted by atomic mass is 10.1. The molecule has 78 valence electrons. The van der Waals surface area contributed by atoms with Gasteiger partial charge in [-0.2, -0.15) is 5.26 Å². The summed E-state index contributed by atoms with van der Waals surface area (Å²) in [7, 11) is 0. The summed E-state index contributed by atoms with van der Waals surface area (Å²) in [6.07, 6.45) is 0.755. The Morgan fingerprint density at radius 2 is 2.50 bits per heavy atom. The van der Waals surface area contributed by atoms with Crippen LogP contribution in [0.25, 0.3) is 0 Å². The lowest BCUT2D eigenvalue weighted by molar-refractivity contribution is -0.142. The molecular weight excluding hydrogens is 180 g/mol. The van der Waals surface area contributed by atoms with Gasteiger partial charge in [0.05, 0.1) is 18.6 Å². The van der Waals surface area contributed by atoms with Crippen molar-refractivity contribution in [3.05, 3.63) is 0 Å². The first kappa shape index (κ1) is 11.0. The van der Waals surface area contributed by atoms with Crippen LogP contribution in [-0.2, 0) is 9.53 Å². The van der Waals surface area contributed by atoms with Crippen molar-refractivity contribution in [2.45, 2.75) is 26.3 Å². The van der Waals surface area contributed by atoms with Crippen LogP contribution in [0.3, 0.4) is 0 Å². The van der Waals surface area contributed by atoms with E-state index in [9.17, 15) is 4.79 Å². The Hall–Kier alpha value is -1.08. The van der Waals surface area contributed by atoms with Gasteiger partial charge < -0.3 is 4.74 Å². The van der Waals surface area contributed by atoms with Gasteiger partial charge in [-0.3, -0.25) is 9.69 Å². The van der Waals surface area contributed by atoms with Gasteiger partial charge >= 0.3 is 5.97 Å². The lowest BCUT2D eigenvalue weighted by Gasteiger charge is -2.25. The van der Waals surface area contributed by atoms with Crippen molar-refractivity contribution in [1.29, 1.82) is 5.26 Å². The number of cyclic esters (lactones) is 1. The van der Waals surface area contributed by atoms with E-state index < -0.39 is 0 Å². The first-order valence-corrected chi connectivity index (χ1v) is 4.99. The number of likely N-dealkylation sites (N-methyl/N-ethyl adjacent to an activating group) is 1. The maximum atomic E-state index is 11.3. The molecule has 0 amide bonds. The number of carbonyl (C=O) groups excluding carboxylic acids is 1. The number of carbonyl (C=O) groups is 1. The average Bonchev–Trinajstić information content (AvgIpc) is 2.60. The van der Waals surface area contributed by atoms with Crippen molar-refractivity contribution < 1.29 is 9.53 Å². The van der Waals surface area contributed by atoms with Gasteiger partial charge in [0.2, 0.25) is 0 Å². The van der Waals surface area contributed by atoms with Crippen LogP contribution in [0, 0.1) is 17.2 Å². The largest absolute Gasteiger partial charge is 0.464 e. The van der Waals surface area contributed by atoms with Crippen molar-refractivity contribution in [1.82, 2.24) is 4.90 Å². The Bertz CT molecular complexity index is 247. The van der Waals surface area contributed by atoms with Gasteiger partial charge in [-0.05, 0) is 13.5 Å². The third-order valence-corrected chi connectivity index (χ3v) is 2.48. The maximum Gasteiger partial charge on any atom is 0.323 e. The number of rotatable bonds is 4. The van der Waals surface area contributed by atoms with Crippen molar-refractivity contribution in [3.8, 4) is 6.07 Å². The van der Waals surface area contributed by atoms with E-state index in [4.69, 9.17) is 10.00 Å². The lowest BCUT2D eigenvalue weighted by Crippen LogP contribution is -2.40. The summed E-state index contributed by atoms with van der Waals surface area (Å²) < 4.78 is 4.90. The molecule has 1 rings (SSSR count). The second kappa shape index (κ2) is 4.97. The van der Waals surface area contributed by atoms with Crippen LogP contribution in [0.5, 0.6) is 0 Å². The second-order valence-electron chi connectivity index (χ2n) is 3.59. The Morgan fingerprint density at radius 3 is 2.93 bits per heavy atom. The molecule has 0 radical (unpaired) electrons. The fraction of sp³-hybridized carbons (Fsp3) is 0.800. The molecule has 0 bridgehead atoms. The number of esters is 1. The number of nitrogens with zero attached hydrogens (tertiary/aromatic N) is 2. The molecule has 0 N–H and O–H groups in total. The predicted molar refractivity (Wildman–Crippen MR) is 51.4 cm³/mol. The third-order valence-electron chi connectivity index (χ3n) is 2.48. The van der Waals surface area contributed by atoms with E-state index in [0.29, 0.717) is 13.2 Å². The molecule has 0 spiro atoms. The summed E-state index contributed by atoms with van der Waals surface area (Å²) in [5.74, 6) is -0.180. The molecule has 1 aliphatic rings. The fourth-order valence-corrected chi connectivity index (χ4v) is 1.69. The van der Waals surface area contributed by atoms with Crippen molar-refractivity contribution in [2.75, 3.05) is 19.7 Å². The minimum Gasteiger partial charge on any atom is -0.464 e. The van der Waals surface area contributed by atoms with Crippen LogP contribution in [0.4, 0.5) is 0 Å². The van der Waals surface area contributed by atoms with E-state index in [0.717, 1.165) is 13.0 Å². The molecular formula is C10H16N2O2. The summed E-state index contributed by atoms with van der Waals surface area (Å²) >= 11 is 0. The molecule has 1 fully saturated rings. The van der Waals surface area contributed by atoms with Crippen LogP contribution < -0.4 is 0 Å². The minimum absolute atomic E-state index is 0.0386. The zero-order valence-corrected chi connectivity index (χ0v) is 8.69. The van der Waals surface area contributed by atoms with Crippen LogP contribution in [0.2, 0.25) is 0 Å². The SMILES string of the molecule is CCN(CC(C)C#N)C1CCOC1=O. The van der Waals surface area contributed by atoms with Gasteiger partial charge in [0, 0.05) is 13.0 Å². The molecule has 0 aromatic rings. The minimum atomic E-state index is -0.142. The topological polar surface area (TPSA) is 53.3 Å². The van der Waals surface area contributed by atoms with E-state index in [1.807, 2.05) is 18.7 Å². The standard InChI is InChI=1S/C10H16N2O2/c1-3-12(7-8(2)6-11)9-4-5-14-10(9)13/h8-9H,3-5,7H2,1-2H3. The molecule has 4 nitrogen and oxygen atoms in total. The van der Waals surface area contributed by atoms with Gasteiger partial charge in [-0.15, -0.1) is 0 Å². The van der Waals surface area contributed by atoms with Crippen LogP contribution in [0.1, 0.15) is 20.3 Å². The summed E-state index contributed by atoms with van der Waals surface area (Å²) in [4.78, 5) is 13.3. The molecule has 1 heterocycles. The number of nitriles is 1. The van der Waals surface area contributed by atoms with E-state index >= 15 is 0 Å². The molecule has 0 aliphatic carbocycles. The molecule has 0 saturated carbocycles. The molecule has 0 aromatic carbocycles. The van der Waals surface area contributed by atoms with Crippen molar-refractivity contribution in [2.24, 2.45) is 5.92 Å². The zero-order valence-electron chi connectivity index (χ0n) is 8.69. The maximum absolute atomic E-state index is 11.3. The summed E-state index contributed by atoms with van der Waals surface area (Å²) in [6.45, 7) is 5.80. The van der Waals surface area contributed by atoms with Gasteiger partial charge in [0.15, 0.2) is 0 Å². The number of hydrogen-bond donors (Lipinski definition) is 0. The first-order valence-electron chi connectivity index (χ1n) is 4.99. The summed E-state index contributed by atoms with van der Waals surface area (Å²) in [5, 5.41) is 8.70. The average molecular weight is 196 g/mol. The third kappa shape index (κ3) is 2.46. The summed E-state index contributed by atoms with van der Waals surface area (Å²) in [6, 6.07) is 2.05. The Morgan fingerprint density at radius 1 is 1.79 bits per heavy atom.